The maximum atomic E-state index is 12.9. The minimum Gasteiger partial charge on any atom is -0.353 e. The van der Waals surface area contributed by atoms with E-state index >= 15 is 0 Å². The van der Waals surface area contributed by atoms with E-state index in [0.717, 1.165) is 28.8 Å². The predicted octanol–water partition coefficient (Wildman–Crippen LogP) is 4.18. The summed E-state index contributed by atoms with van der Waals surface area (Å²) in [4.78, 5) is 24.0. The molecule has 3 aromatic rings. The lowest BCUT2D eigenvalue weighted by molar-refractivity contribution is 0.0988. The van der Waals surface area contributed by atoms with Crippen LogP contribution in [0.5, 0.6) is 0 Å². The summed E-state index contributed by atoms with van der Waals surface area (Å²) in [5, 5.41) is 7.98. The highest BCUT2D eigenvalue weighted by atomic mass is 16.1. The standard InChI is InChI=1S/C22H27N5O/c1-15(2)13-27(18-5-3-4-6-18)22-11-20(23-14-24-22)21(28)10-16-7-8-19-17(9-16)12-25-26-19/h7-9,11-12,14-15,18H,3-6,10,13H2,1-2H3,(H,25,26). The van der Waals surface area contributed by atoms with Gasteiger partial charge in [0.1, 0.15) is 17.8 Å². The van der Waals surface area contributed by atoms with Crippen molar-refractivity contribution in [1.29, 1.82) is 0 Å². The van der Waals surface area contributed by atoms with Crippen molar-refractivity contribution in [3.63, 3.8) is 0 Å². The van der Waals surface area contributed by atoms with Crippen molar-refractivity contribution in [2.75, 3.05) is 11.4 Å². The summed E-state index contributed by atoms with van der Waals surface area (Å²) >= 11 is 0. The second kappa shape index (κ2) is 8.09. The zero-order valence-electron chi connectivity index (χ0n) is 16.6. The average Bonchev–Trinajstić information content (AvgIpc) is 3.37. The lowest BCUT2D eigenvalue weighted by atomic mass is 10.0. The predicted molar refractivity (Wildman–Crippen MR) is 111 cm³/mol. The van der Waals surface area contributed by atoms with Gasteiger partial charge in [0.05, 0.1) is 11.7 Å². The molecule has 6 heteroatoms. The summed E-state index contributed by atoms with van der Waals surface area (Å²) in [6.07, 6.45) is 8.57. The Bertz CT molecular complexity index is 958. The average molecular weight is 377 g/mol. The first-order valence-electron chi connectivity index (χ1n) is 10.1. The SMILES string of the molecule is CC(C)CN(c1cc(C(=O)Cc2ccc3[nH]ncc3c2)ncn1)C1CCCC1. The highest BCUT2D eigenvalue weighted by molar-refractivity contribution is 5.96. The molecule has 0 unspecified atom stereocenters. The van der Waals surface area contributed by atoms with Crippen LogP contribution in [0.3, 0.4) is 0 Å². The van der Waals surface area contributed by atoms with Gasteiger partial charge in [-0.1, -0.05) is 32.8 Å². The molecule has 4 rings (SSSR count). The van der Waals surface area contributed by atoms with Crippen molar-refractivity contribution < 1.29 is 4.79 Å². The van der Waals surface area contributed by atoms with Gasteiger partial charge < -0.3 is 4.90 Å². The molecule has 1 saturated carbocycles. The molecule has 0 radical (unpaired) electrons. The van der Waals surface area contributed by atoms with Crippen LogP contribution in [0.4, 0.5) is 5.82 Å². The Morgan fingerprint density at radius 3 is 2.82 bits per heavy atom. The molecule has 0 atom stereocenters. The number of nitrogens with one attached hydrogen (secondary N) is 1. The number of rotatable bonds is 7. The van der Waals surface area contributed by atoms with Crippen molar-refractivity contribution in [1.82, 2.24) is 20.2 Å². The van der Waals surface area contributed by atoms with Gasteiger partial charge in [-0.15, -0.1) is 0 Å². The van der Waals surface area contributed by atoms with Gasteiger partial charge in [0.2, 0.25) is 0 Å². The van der Waals surface area contributed by atoms with Gasteiger partial charge >= 0.3 is 0 Å². The Hall–Kier alpha value is -2.76. The lowest BCUT2D eigenvalue weighted by Crippen LogP contribution is -2.37. The Morgan fingerprint density at radius 2 is 2.04 bits per heavy atom. The number of aromatic amines is 1. The summed E-state index contributed by atoms with van der Waals surface area (Å²) in [5.74, 6) is 1.43. The number of ketones is 1. The first-order chi connectivity index (χ1) is 13.6. The van der Waals surface area contributed by atoms with E-state index in [2.05, 4.69) is 38.9 Å². The molecular formula is C22H27N5O. The van der Waals surface area contributed by atoms with Crippen LogP contribution in [-0.2, 0) is 6.42 Å². The molecular weight excluding hydrogens is 350 g/mol. The number of carbonyl (C=O) groups is 1. The van der Waals surface area contributed by atoms with E-state index in [0.29, 0.717) is 24.1 Å². The van der Waals surface area contributed by atoms with E-state index < -0.39 is 0 Å². The van der Waals surface area contributed by atoms with Crippen molar-refractivity contribution in [3.05, 3.63) is 48.0 Å². The normalized spacial score (nSPS) is 14.8. The summed E-state index contributed by atoms with van der Waals surface area (Å²) in [5.41, 5.74) is 2.43. The molecule has 1 aromatic carbocycles. The minimum atomic E-state index is 0.0161. The van der Waals surface area contributed by atoms with E-state index in [1.54, 1.807) is 6.20 Å². The highest BCUT2D eigenvalue weighted by Gasteiger charge is 2.25. The molecule has 0 saturated heterocycles. The van der Waals surface area contributed by atoms with Crippen molar-refractivity contribution in [2.24, 2.45) is 5.92 Å². The van der Waals surface area contributed by atoms with Gasteiger partial charge in [-0.25, -0.2) is 9.97 Å². The molecule has 0 spiro atoms. The number of anilines is 1. The molecule has 28 heavy (non-hydrogen) atoms. The second-order valence-corrected chi connectivity index (χ2v) is 8.14. The molecule has 0 amide bonds. The van der Waals surface area contributed by atoms with Crippen molar-refractivity contribution >= 4 is 22.5 Å². The van der Waals surface area contributed by atoms with Crippen LogP contribution < -0.4 is 4.90 Å². The molecule has 2 heterocycles. The van der Waals surface area contributed by atoms with E-state index in [1.165, 1.54) is 32.0 Å². The summed E-state index contributed by atoms with van der Waals surface area (Å²) < 4.78 is 0. The van der Waals surface area contributed by atoms with Crippen LogP contribution in [0.1, 0.15) is 55.6 Å². The molecule has 2 aromatic heterocycles. The number of fused-ring (bicyclic) bond motifs is 1. The van der Waals surface area contributed by atoms with Crippen LogP contribution in [0.15, 0.2) is 36.8 Å². The van der Waals surface area contributed by atoms with Crippen LogP contribution in [-0.4, -0.2) is 38.5 Å². The smallest absolute Gasteiger partial charge is 0.185 e. The van der Waals surface area contributed by atoms with Crippen LogP contribution in [0.25, 0.3) is 10.9 Å². The maximum Gasteiger partial charge on any atom is 0.185 e. The number of aromatic nitrogens is 4. The van der Waals surface area contributed by atoms with Crippen LogP contribution in [0, 0.1) is 5.92 Å². The fourth-order valence-corrected chi connectivity index (χ4v) is 4.07. The fraction of sp³-hybridized carbons (Fsp3) is 0.455. The lowest BCUT2D eigenvalue weighted by Gasteiger charge is -2.31. The van der Waals surface area contributed by atoms with Crippen LogP contribution >= 0.6 is 0 Å². The topological polar surface area (TPSA) is 74.8 Å². The Labute approximate surface area is 165 Å². The maximum absolute atomic E-state index is 12.9. The number of Topliss-reactive ketones (excluding diaryl/α,β-unsaturated/α-hetero) is 1. The molecule has 0 aliphatic heterocycles. The van der Waals surface area contributed by atoms with Gasteiger partial charge in [-0.05, 0) is 36.5 Å². The number of H-pyrrole nitrogens is 1. The molecule has 1 aliphatic carbocycles. The first-order valence-corrected chi connectivity index (χ1v) is 10.1. The fourth-order valence-electron chi connectivity index (χ4n) is 4.07. The highest BCUT2D eigenvalue weighted by Crippen LogP contribution is 2.28. The quantitative estimate of drug-likeness (QED) is 0.625. The zero-order valence-corrected chi connectivity index (χ0v) is 16.6. The van der Waals surface area contributed by atoms with Crippen molar-refractivity contribution in [2.45, 2.75) is 52.0 Å². The molecule has 1 N–H and O–H groups in total. The first kappa shape index (κ1) is 18.6. The third-order valence-corrected chi connectivity index (χ3v) is 5.43. The van der Waals surface area contributed by atoms with Gasteiger partial charge in [-0.2, -0.15) is 5.10 Å². The molecule has 146 valence electrons. The monoisotopic (exact) mass is 377 g/mol. The molecule has 1 aliphatic rings. The van der Waals surface area contributed by atoms with E-state index in [4.69, 9.17) is 0 Å². The zero-order chi connectivity index (χ0) is 19.5. The van der Waals surface area contributed by atoms with Gasteiger partial charge in [0.25, 0.3) is 0 Å². The van der Waals surface area contributed by atoms with Crippen LogP contribution in [0.2, 0.25) is 0 Å². The minimum absolute atomic E-state index is 0.0161. The van der Waals surface area contributed by atoms with E-state index in [1.807, 2.05) is 24.3 Å². The molecule has 1 fully saturated rings. The summed E-state index contributed by atoms with van der Waals surface area (Å²) in [7, 11) is 0. The largest absolute Gasteiger partial charge is 0.353 e. The number of benzene rings is 1. The second-order valence-electron chi connectivity index (χ2n) is 8.14. The Kier molecular flexibility index (Phi) is 5.37. The molecule has 0 bridgehead atoms. The third kappa shape index (κ3) is 4.06. The van der Waals surface area contributed by atoms with Gasteiger partial charge in [-0.3, -0.25) is 9.89 Å². The third-order valence-electron chi connectivity index (χ3n) is 5.43. The van der Waals surface area contributed by atoms with E-state index in [9.17, 15) is 4.79 Å². The number of carbonyl (C=O) groups excluding carboxylic acids is 1. The van der Waals surface area contributed by atoms with Crippen molar-refractivity contribution in [3.8, 4) is 0 Å². The Balaban J connectivity index is 1.55. The number of hydrogen-bond acceptors (Lipinski definition) is 5. The number of nitrogens with zero attached hydrogens (tertiary/aromatic N) is 4. The van der Waals surface area contributed by atoms with Gasteiger partial charge in [0.15, 0.2) is 5.78 Å². The summed E-state index contributed by atoms with van der Waals surface area (Å²) in [6, 6.07) is 8.32. The summed E-state index contributed by atoms with van der Waals surface area (Å²) in [6.45, 7) is 5.40. The number of hydrogen-bond donors (Lipinski definition) is 1. The molecule has 6 nitrogen and oxygen atoms in total. The van der Waals surface area contributed by atoms with E-state index in [-0.39, 0.29) is 5.78 Å². The Morgan fingerprint density at radius 1 is 1.21 bits per heavy atom. The van der Waals surface area contributed by atoms with Gasteiger partial charge in [0, 0.05) is 30.5 Å².